The van der Waals surface area contributed by atoms with Gasteiger partial charge in [0.2, 0.25) is 12.7 Å². The van der Waals surface area contributed by atoms with Crippen molar-refractivity contribution in [3.05, 3.63) is 17.7 Å². The molecule has 5 nitrogen and oxygen atoms in total. The summed E-state index contributed by atoms with van der Waals surface area (Å²) in [4.78, 5) is 13.9. The Hall–Kier alpha value is -1.47. The van der Waals surface area contributed by atoms with Crippen LogP contribution in [0.5, 0.6) is 17.2 Å². The van der Waals surface area contributed by atoms with E-state index in [-0.39, 0.29) is 18.0 Å². The molecule has 1 atom stereocenters. The number of hydrogen-bond donors (Lipinski definition) is 0. The lowest BCUT2D eigenvalue weighted by Crippen LogP contribution is -2.31. The van der Waals surface area contributed by atoms with Crippen LogP contribution in [0.15, 0.2) is 12.1 Å². The molecule has 112 valence electrons. The van der Waals surface area contributed by atoms with Crippen molar-refractivity contribution in [3.8, 4) is 17.2 Å². The summed E-state index contributed by atoms with van der Waals surface area (Å²) in [5.74, 6) is 2.13. The van der Waals surface area contributed by atoms with Crippen LogP contribution in [-0.4, -0.2) is 40.8 Å². The minimum atomic E-state index is -0.202. The average molecular weight is 325 g/mol. The summed E-state index contributed by atoms with van der Waals surface area (Å²) in [6.45, 7) is 2.75. The number of benzene rings is 1. The van der Waals surface area contributed by atoms with Gasteiger partial charge >= 0.3 is 0 Å². The van der Waals surface area contributed by atoms with Gasteiger partial charge in [0.15, 0.2) is 11.5 Å². The van der Waals surface area contributed by atoms with Gasteiger partial charge < -0.3 is 14.2 Å². The normalized spacial score (nSPS) is 20.3. The Morgan fingerprint density at radius 3 is 2.76 bits per heavy atom. The van der Waals surface area contributed by atoms with Crippen molar-refractivity contribution in [2.75, 3.05) is 20.4 Å². The molecule has 21 heavy (non-hydrogen) atoms. The largest absolute Gasteiger partial charge is 0.496 e. The highest BCUT2D eigenvalue weighted by Gasteiger charge is 2.36. The van der Waals surface area contributed by atoms with Gasteiger partial charge in [0.05, 0.1) is 12.4 Å². The number of carbonyl (C=O) groups is 1. The number of hydrogen-bond acceptors (Lipinski definition) is 6. The Labute approximate surface area is 132 Å². The minimum absolute atomic E-state index is 0.0622. The molecule has 1 aromatic rings. The molecular weight excluding hydrogens is 310 g/mol. The van der Waals surface area contributed by atoms with Gasteiger partial charge in [-0.05, 0) is 25.0 Å². The van der Waals surface area contributed by atoms with Gasteiger partial charge in [-0.25, -0.2) is 0 Å². The molecule has 0 bridgehead atoms. The third-order valence-electron chi connectivity index (χ3n) is 3.50. The van der Waals surface area contributed by atoms with E-state index in [2.05, 4.69) is 0 Å². The summed E-state index contributed by atoms with van der Waals surface area (Å²) in [6, 6.07) is 3.68. The van der Waals surface area contributed by atoms with Crippen LogP contribution in [0.1, 0.15) is 12.5 Å². The van der Waals surface area contributed by atoms with Gasteiger partial charge in [-0.3, -0.25) is 9.69 Å². The second-order valence-electron chi connectivity index (χ2n) is 4.68. The lowest BCUT2D eigenvalue weighted by Gasteiger charge is -2.14. The zero-order valence-electron chi connectivity index (χ0n) is 11.8. The van der Waals surface area contributed by atoms with Crippen molar-refractivity contribution in [1.29, 1.82) is 0 Å². The van der Waals surface area contributed by atoms with Crippen LogP contribution >= 0.6 is 24.0 Å². The van der Waals surface area contributed by atoms with Gasteiger partial charge in [0, 0.05) is 12.6 Å². The first-order chi connectivity index (χ1) is 10.1. The van der Waals surface area contributed by atoms with E-state index < -0.39 is 0 Å². The number of carbonyl (C=O) groups excluding carboxylic acids is 1. The van der Waals surface area contributed by atoms with E-state index in [0.717, 1.165) is 5.56 Å². The second kappa shape index (κ2) is 5.73. The van der Waals surface area contributed by atoms with E-state index in [1.54, 1.807) is 18.1 Å². The van der Waals surface area contributed by atoms with Crippen molar-refractivity contribution in [2.24, 2.45) is 0 Å². The zero-order chi connectivity index (χ0) is 15.0. The molecular formula is C14H15NO4S2. The predicted octanol–water partition coefficient (Wildman–Crippen LogP) is 2.22. The van der Waals surface area contributed by atoms with Gasteiger partial charge in [0.1, 0.15) is 10.1 Å². The Balaban J connectivity index is 1.85. The molecule has 2 heterocycles. The monoisotopic (exact) mass is 325 g/mol. The molecule has 0 N–H and O–H groups in total. The second-order valence-corrected chi connectivity index (χ2v) is 6.51. The maximum Gasteiger partial charge on any atom is 0.241 e. The molecule has 1 saturated heterocycles. The summed E-state index contributed by atoms with van der Waals surface area (Å²) in [5, 5.41) is -0.202. The first-order valence-corrected chi connectivity index (χ1v) is 7.91. The first-order valence-electron chi connectivity index (χ1n) is 6.62. The summed E-state index contributed by atoms with van der Waals surface area (Å²) in [6.07, 6.45) is 0.556. The van der Waals surface area contributed by atoms with E-state index in [1.807, 2.05) is 13.0 Å². The number of amides is 1. The van der Waals surface area contributed by atoms with Gasteiger partial charge in [-0.2, -0.15) is 0 Å². The van der Waals surface area contributed by atoms with Crippen LogP contribution in [0.25, 0.3) is 0 Å². The number of methoxy groups -OCH3 is 1. The topological polar surface area (TPSA) is 48.0 Å². The van der Waals surface area contributed by atoms with E-state index in [9.17, 15) is 4.79 Å². The van der Waals surface area contributed by atoms with Crippen LogP contribution in [0, 0.1) is 0 Å². The quantitative estimate of drug-likeness (QED) is 0.791. The van der Waals surface area contributed by atoms with E-state index >= 15 is 0 Å². The van der Waals surface area contributed by atoms with E-state index in [0.29, 0.717) is 34.5 Å². The summed E-state index contributed by atoms with van der Waals surface area (Å²) >= 11 is 6.68. The number of fused-ring (bicyclic) bond motifs is 1. The molecule has 0 unspecified atom stereocenters. The molecule has 3 rings (SSSR count). The molecule has 0 radical (unpaired) electrons. The molecule has 0 saturated carbocycles. The van der Waals surface area contributed by atoms with E-state index in [4.69, 9.17) is 26.4 Å². The van der Waals surface area contributed by atoms with Crippen LogP contribution in [0.4, 0.5) is 0 Å². The molecule has 0 aliphatic carbocycles. The lowest BCUT2D eigenvalue weighted by molar-refractivity contribution is -0.125. The Morgan fingerprint density at radius 2 is 2.14 bits per heavy atom. The van der Waals surface area contributed by atoms with Gasteiger partial charge in [-0.15, -0.1) is 0 Å². The zero-order valence-corrected chi connectivity index (χ0v) is 13.4. The minimum Gasteiger partial charge on any atom is -0.496 e. The van der Waals surface area contributed by atoms with E-state index in [1.165, 1.54) is 11.8 Å². The van der Waals surface area contributed by atoms with Crippen LogP contribution in [-0.2, 0) is 11.2 Å². The average Bonchev–Trinajstić information content (AvgIpc) is 3.02. The molecule has 2 aliphatic heterocycles. The molecule has 7 heteroatoms. The third kappa shape index (κ3) is 2.55. The number of thioether (sulfide) groups is 1. The molecule has 1 fully saturated rings. The molecule has 2 aliphatic rings. The smallest absolute Gasteiger partial charge is 0.241 e. The highest BCUT2D eigenvalue weighted by molar-refractivity contribution is 8.24. The highest BCUT2D eigenvalue weighted by Crippen LogP contribution is 2.40. The maximum absolute atomic E-state index is 12.3. The molecule has 1 amide bonds. The summed E-state index contributed by atoms with van der Waals surface area (Å²) < 4.78 is 16.8. The summed E-state index contributed by atoms with van der Waals surface area (Å²) in [5.41, 5.74) is 0.924. The summed E-state index contributed by atoms with van der Waals surface area (Å²) in [7, 11) is 1.60. The number of rotatable bonds is 4. The maximum atomic E-state index is 12.3. The van der Waals surface area contributed by atoms with Crippen molar-refractivity contribution in [2.45, 2.75) is 18.6 Å². The Morgan fingerprint density at radius 1 is 1.43 bits per heavy atom. The SMILES string of the molecule is CCN1C(=O)[C@H](Cc2cc3c(cc2OC)OCO3)SC1=S. The Bertz CT molecular complexity index is 605. The lowest BCUT2D eigenvalue weighted by atomic mass is 10.1. The van der Waals surface area contributed by atoms with Crippen molar-refractivity contribution in [3.63, 3.8) is 0 Å². The number of ether oxygens (including phenoxy) is 3. The van der Waals surface area contributed by atoms with Gasteiger partial charge in [0.25, 0.3) is 0 Å². The van der Waals surface area contributed by atoms with Crippen LogP contribution < -0.4 is 14.2 Å². The first kappa shape index (κ1) is 14.5. The molecule has 1 aromatic carbocycles. The molecule has 0 spiro atoms. The fraction of sp³-hybridized carbons (Fsp3) is 0.429. The number of nitrogens with zero attached hydrogens (tertiary/aromatic N) is 1. The number of thiocarbonyl (C=S) groups is 1. The van der Waals surface area contributed by atoms with Crippen LogP contribution in [0.3, 0.4) is 0 Å². The van der Waals surface area contributed by atoms with Crippen molar-refractivity contribution in [1.82, 2.24) is 4.90 Å². The van der Waals surface area contributed by atoms with Crippen LogP contribution in [0.2, 0.25) is 0 Å². The highest BCUT2D eigenvalue weighted by atomic mass is 32.2. The molecule has 0 aromatic heterocycles. The standard InChI is InChI=1S/C14H15NO4S2/c1-3-15-13(16)12(21-14(15)20)5-8-4-10-11(19-7-18-10)6-9(8)17-2/h4,6,12H,3,5,7H2,1-2H3/t12-/m0/s1. The van der Waals surface area contributed by atoms with Gasteiger partial charge in [-0.1, -0.05) is 24.0 Å². The third-order valence-corrected chi connectivity index (χ3v) is 5.09. The predicted molar refractivity (Wildman–Crippen MR) is 84.2 cm³/mol. The van der Waals surface area contributed by atoms with Crippen molar-refractivity contribution >= 4 is 34.2 Å². The van der Waals surface area contributed by atoms with Crippen molar-refractivity contribution < 1.29 is 19.0 Å². The fourth-order valence-corrected chi connectivity index (χ4v) is 4.08. The fourth-order valence-electron chi connectivity index (χ4n) is 2.43. The Kier molecular flexibility index (Phi) is 3.95.